The van der Waals surface area contributed by atoms with Crippen molar-refractivity contribution in [1.29, 1.82) is 0 Å². The lowest BCUT2D eigenvalue weighted by Gasteiger charge is -2.21. The molecule has 0 bridgehead atoms. The van der Waals surface area contributed by atoms with E-state index in [2.05, 4.69) is 5.32 Å². The Labute approximate surface area is 145 Å². The van der Waals surface area contributed by atoms with Gasteiger partial charge in [-0.05, 0) is 25.8 Å². The number of hydrogen-bond acceptors (Lipinski definition) is 4. The average molecular weight is 337 g/mol. The summed E-state index contributed by atoms with van der Waals surface area (Å²) >= 11 is 0. The van der Waals surface area contributed by atoms with Crippen LogP contribution >= 0.6 is 0 Å². The molecule has 25 heavy (non-hydrogen) atoms. The SMILES string of the molecule is Cc1ccc(C(=O)c2cc3c(cc2NC(=O)C2CC2)OCCO3)cc1. The molecule has 1 heterocycles. The number of fused-ring (bicyclic) bond motifs is 1. The summed E-state index contributed by atoms with van der Waals surface area (Å²) in [6, 6.07) is 10.7. The molecule has 0 unspecified atom stereocenters. The van der Waals surface area contributed by atoms with Crippen molar-refractivity contribution in [2.24, 2.45) is 5.92 Å². The first-order chi connectivity index (χ1) is 12.1. The standard InChI is InChI=1S/C20H19NO4/c1-12-2-4-13(5-3-12)19(22)15-10-17-18(25-9-8-24-17)11-16(15)21-20(23)14-6-7-14/h2-5,10-11,14H,6-9H2,1H3,(H,21,23). The number of ether oxygens (including phenoxy) is 2. The predicted molar refractivity (Wildman–Crippen MR) is 93.4 cm³/mol. The smallest absolute Gasteiger partial charge is 0.227 e. The predicted octanol–water partition coefficient (Wildman–Crippen LogP) is 3.35. The van der Waals surface area contributed by atoms with Gasteiger partial charge in [0, 0.05) is 17.5 Å². The van der Waals surface area contributed by atoms with E-state index in [4.69, 9.17) is 9.47 Å². The van der Waals surface area contributed by atoms with Crippen molar-refractivity contribution in [2.45, 2.75) is 19.8 Å². The molecular weight excluding hydrogens is 318 g/mol. The fourth-order valence-electron chi connectivity index (χ4n) is 2.82. The fourth-order valence-corrected chi connectivity index (χ4v) is 2.82. The third-order valence-electron chi connectivity index (χ3n) is 4.45. The van der Waals surface area contributed by atoms with E-state index in [1.165, 1.54) is 0 Å². The number of nitrogens with one attached hydrogen (secondary N) is 1. The minimum Gasteiger partial charge on any atom is -0.486 e. The van der Waals surface area contributed by atoms with Gasteiger partial charge >= 0.3 is 0 Å². The zero-order valence-electron chi connectivity index (χ0n) is 14.0. The largest absolute Gasteiger partial charge is 0.486 e. The van der Waals surface area contributed by atoms with Gasteiger partial charge < -0.3 is 14.8 Å². The van der Waals surface area contributed by atoms with Gasteiger partial charge in [-0.3, -0.25) is 9.59 Å². The molecule has 0 saturated heterocycles. The minimum absolute atomic E-state index is 0.0466. The Balaban J connectivity index is 1.73. The molecule has 5 heteroatoms. The van der Waals surface area contributed by atoms with Crippen LogP contribution in [0.3, 0.4) is 0 Å². The Bertz CT molecular complexity index is 838. The van der Waals surface area contributed by atoms with Gasteiger partial charge in [0.2, 0.25) is 5.91 Å². The van der Waals surface area contributed by atoms with Crippen molar-refractivity contribution in [3.05, 3.63) is 53.1 Å². The Kier molecular flexibility index (Phi) is 3.92. The molecule has 1 aliphatic carbocycles. The van der Waals surface area contributed by atoms with Crippen LogP contribution in [0, 0.1) is 12.8 Å². The summed E-state index contributed by atoms with van der Waals surface area (Å²) < 4.78 is 11.2. The van der Waals surface area contributed by atoms with Crippen molar-refractivity contribution in [3.63, 3.8) is 0 Å². The van der Waals surface area contributed by atoms with E-state index >= 15 is 0 Å². The lowest BCUT2D eigenvalue weighted by atomic mass is 9.99. The van der Waals surface area contributed by atoms with Crippen LogP contribution in [0.15, 0.2) is 36.4 Å². The second kappa shape index (κ2) is 6.24. The van der Waals surface area contributed by atoms with E-state index in [1.54, 1.807) is 24.3 Å². The van der Waals surface area contributed by atoms with Crippen LogP contribution in [0.1, 0.15) is 34.3 Å². The Morgan fingerprint density at radius 3 is 2.28 bits per heavy atom. The highest BCUT2D eigenvalue weighted by Gasteiger charge is 2.31. The molecule has 1 fully saturated rings. The van der Waals surface area contributed by atoms with Crippen LogP contribution in [0.5, 0.6) is 11.5 Å². The summed E-state index contributed by atoms with van der Waals surface area (Å²) in [6.45, 7) is 2.87. The zero-order valence-corrected chi connectivity index (χ0v) is 14.0. The molecule has 1 N–H and O–H groups in total. The molecule has 128 valence electrons. The van der Waals surface area contributed by atoms with Gasteiger partial charge in [-0.25, -0.2) is 0 Å². The van der Waals surface area contributed by atoms with E-state index in [9.17, 15) is 9.59 Å². The molecule has 0 aromatic heterocycles. The van der Waals surface area contributed by atoms with Crippen molar-refractivity contribution in [3.8, 4) is 11.5 Å². The molecule has 2 aromatic rings. The molecule has 4 rings (SSSR count). The highest BCUT2D eigenvalue weighted by Crippen LogP contribution is 2.38. The monoisotopic (exact) mass is 337 g/mol. The second-order valence-corrected chi connectivity index (χ2v) is 6.50. The van der Waals surface area contributed by atoms with Gasteiger partial charge in [0.25, 0.3) is 0 Å². The topological polar surface area (TPSA) is 64.6 Å². The number of anilines is 1. The van der Waals surface area contributed by atoms with E-state index in [0.717, 1.165) is 18.4 Å². The van der Waals surface area contributed by atoms with Crippen molar-refractivity contribution in [1.82, 2.24) is 0 Å². The van der Waals surface area contributed by atoms with Crippen LogP contribution in [0.25, 0.3) is 0 Å². The first kappa shape index (κ1) is 15.7. The van der Waals surface area contributed by atoms with Gasteiger partial charge in [0.15, 0.2) is 17.3 Å². The number of carbonyl (C=O) groups excluding carboxylic acids is 2. The van der Waals surface area contributed by atoms with Gasteiger partial charge in [0.05, 0.1) is 11.3 Å². The summed E-state index contributed by atoms with van der Waals surface area (Å²) in [5.41, 5.74) is 2.55. The molecule has 0 spiro atoms. The first-order valence-corrected chi connectivity index (χ1v) is 8.48. The van der Waals surface area contributed by atoms with Crippen LogP contribution in [0.2, 0.25) is 0 Å². The van der Waals surface area contributed by atoms with Gasteiger partial charge in [0.1, 0.15) is 13.2 Å². The number of benzene rings is 2. The summed E-state index contributed by atoms with van der Waals surface area (Å²) in [6.07, 6.45) is 1.80. The quantitative estimate of drug-likeness (QED) is 0.869. The third kappa shape index (κ3) is 3.22. The van der Waals surface area contributed by atoms with Crippen molar-refractivity contribution in [2.75, 3.05) is 18.5 Å². The molecule has 1 amide bonds. The number of hydrogen-bond donors (Lipinski definition) is 1. The summed E-state index contributed by atoms with van der Waals surface area (Å²) in [5, 5.41) is 2.89. The van der Waals surface area contributed by atoms with E-state index in [-0.39, 0.29) is 17.6 Å². The summed E-state index contributed by atoms with van der Waals surface area (Å²) in [7, 11) is 0. The summed E-state index contributed by atoms with van der Waals surface area (Å²) in [4.78, 5) is 25.2. The molecule has 1 saturated carbocycles. The first-order valence-electron chi connectivity index (χ1n) is 8.48. The van der Waals surface area contributed by atoms with Crippen molar-refractivity contribution < 1.29 is 19.1 Å². The molecule has 5 nitrogen and oxygen atoms in total. The fraction of sp³-hybridized carbons (Fsp3) is 0.300. The molecule has 0 atom stereocenters. The summed E-state index contributed by atoms with van der Waals surface area (Å²) in [5.74, 6) is 0.942. The zero-order chi connectivity index (χ0) is 17.4. The molecule has 0 radical (unpaired) electrons. The third-order valence-corrected chi connectivity index (χ3v) is 4.45. The van der Waals surface area contributed by atoms with Gasteiger partial charge in [-0.2, -0.15) is 0 Å². The van der Waals surface area contributed by atoms with Crippen molar-refractivity contribution >= 4 is 17.4 Å². The molecule has 1 aliphatic heterocycles. The van der Waals surface area contributed by atoms with Crippen LogP contribution < -0.4 is 14.8 Å². The normalized spacial score (nSPS) is 15.6. The van der Waals surface area contributed by atoms with E-state index < -0.39 is 0 Å². The Hall–Kier alpha value is -2.82. The number of rotatable bonds is 4. The number of aryl methyl sites for hydroxylation is 1. The lowest BCUT2D eigenvalue weighted by molar-refractivity contribution is -0.117. The Morgan fingerprint density at radius 2 is 1.64 bits per heavy atom. The molecule has 2 aliphatic rings. The van der Waals surface area contributed by atoms with Crippen LogP contribution in [-0.2, 0) is 4.79 Å². The average Bonchev–Trinajstić information content (AvgIpc) is 3.46. The lowest BCUT2D eigenvalue weighted by Crippen LogP contribution is -2.19. The maximum atomic E-state index is 13.0. The second-order valence-electron chi connectivity index (χ2n) is 6.50. The van der Waals surface area contributed by atoms with Gasteiger partial charge in [-0.1, -0.05) is 29.8 Å². The van der Waals surface area contributed by atoms with Crippen LogP contribution in [-0.4, -0.2) is 24.9 Å². The highest BCUT2D eigenvalue weighted by molar-refractivity contribution is 6.14. The molecular formula is C20H19NO4. The van der Waals surface area contributed by atoms with E-state index in [1.807, 2.05) is 19.1 Å². The number of carbonyl (C=O) groups is 2. The van der Waals surface area contributed by atoms with Gasteiger partial charge in [-0.15, -0.1) is 0 Å². The minimum atomic E-state index is -0.150. The highest BCUT2D eigenvalue weighted by atomic mass is 16.6. The maximum Gasteiger partial charge on any atom is 0.227 e. The molecule has 2 aromatic carbocycles. The van der Waals surface area contributed by atoms with Crippen LogP contribution in [0.4, 0.5) is 5.69 Å². The maximum absolute atomic E-state index is 13.0. The Morgan fingerprint density at radius 1 is 1.00 bits per heavy atom. The number of ketones is 1. The van der Waals surface area contributed by atoms with E-state index in [0.29, 0.717) is 41.5 Å². The number of amides is 1.